The lowest BCUT2D eigenvalue weighted by Crippen LogP contribution is -2.18. The van der Waals surface area contributed by atoms with Crippen LogP contribution in [0.1, 0.15) is 42.9 Å². The number of H-pyrrole nitrogens is 1. The zero-order valence-corrected chi connectivity index (χ0v) is 18.2. The first-order valence-electron chi connectivity index (χ1n) is 11.3. The minimum absolute atomic E-state index is 0.0870. The van der Waals surface area contributed by atoms with Gasteiger partial charge in [0.1, 0.15) is 5.82 Å². The number of amides is 1. The summed E-state index contributed by atoms with van der Waals surface area (Å²) in [5.74, 6) is 1.11. The van der Waals surface area contributed by atoms with E-state index in [0.717, 1.165) is 36.9 Å². The van der Waals surface area contributed by atoms with Crippen LogP contribution in [0.25, 0.3) is 17.2 Å². The van der Waals surface area contributed by atoms with Crippen LogP contribution in [0, 0.1) is 0 Å². The number of hydrogen-bond acceptors (Lipinski definition) is 4. The van der Waals surface area contributed by atoms with Crippen molar-refractivity contribution < 1.29 is 4.79 Å². The van der Waals surface area contributed by atoms with Crippen LogP contribution in [0.15, 0.2) is 77.6 Å². The number of anilines is 1. The first-order chi connectivity index (χ1) is 16.2. The third-order valence-electron chi connectivity index (χ3n) is 5.70. The van der Waals surface area contributed by atoms with Gasteiger partial charge in [-0.2, -0.15) is 9.78 Å². The van der Waals surface area contributed by atoms with Crippen LogP contribution >= 0.6 is 0 Å². The second-order valence-electron chi connectivity index (χ2n) is 8.35. The summed E-state index contributed by atoms with van der Waals surface area (Å²) in [6, 6.07) is 23.0. The van der Waals surface area contributed by atoms with Gasteiger partial charge < -0.3 is 5.32 Å². The molecule has 2 heterocycles. The molecule has 0 spiro atoms. The van der Waals surface area contributed by atoms with Gasteiger partial charge in [0.05, 0.1) is 11.4 Å². The van der Waals surface area contributed by atoms with E-state index in [4.69, 9.17) is 0 Å². The Kier molecular flexibility index (Phi) is 5.85. The van der Waals surface area contributed by atoms with Gasteiger partial charge in [-0.3, -0.25) is 14.6 Å². The molecule has 1 aliphatic rings. The fourth-order valence-electron chi connectivity index (χ4n) is 3.83. The van der Waals surface area contributed by atoms with Crippen molar-refractivity contribution >= 4 is 11.7 Å². The van der Waals surface area contributed by atoms with Crippen LogP contribution in [0.4, 0.5) is 5.82 Å². The van der Waals surface area contributed by atoms with Crippen molar-refractivity contribution in [3.8, 4) is 17.2 Å². The van der Waals surface area contributed by atoms with Gasteiger partial charge in [-0.1, -0.05) is 60.7 Å². The molecule has 2 aromatic carbocycles. The predicted octanol–water partition coefficient (Wildman–Crippen LogP) is 4.46. The molecule has 1 fully saturated rings. The van der Waals surface area contributed by atoms with E-state index in [0.29, 0.717) is 23.9 Å². The normalized spacial score (nSPS) is 13.1. The first kappa shape index (κ1) is 20.9. The van der Waals surface area contributed by atoms with E-state index in [1.807, 2.05) is 54.6 Å². The van der Waals surface area contributed by atoms with Crippen molar-refractivity contribution in [1.82, 2.24) is 19.7 Å². The number of aromatic amines is 1. The minimum atomic E-state index is -0.275. The molecule has 1 amide bonds. The van der Waals surface area contributed by atoms with Crippen LogP contribution < -0.4 is 10.9 Å². The van der Waals surface area contributed by atoms with E-state index in [2.05, 4.69) is 32.5 Å². The topological polar surface area (TPSA) is 92.7 Å². The number of nitrogens with zero attached hydrogens (tertiary/aromatic N) is 3. The van der Waals surface area contributed by atoms with Gasteiger partial charge in [0, 0.05) is 30.0 Å². The molecule has 0 saturated heterocycles. The molecular weight excluding hydrogens is 414 g/mol. The molecule has 0 atom stereocenters. The van der Waals surface area contributed by atoms with Crippen molar-refractivity contribution in [3.05, 3.63) is 94.4 Å². The smallest absolute Gasteiger partial charge is 0.252 e. The van der Waals surface area contributed by atoms with Crippen LogP contribution in [-0.4, -0.2) is 25.7 Å². The molecule has 7 nitrogen and oxygen atoms in total. The number of aryl methyl sites for hydroxylation is 1. The van der Waals surface area contributed by atoms with Crippen LogP contribution in [0.3, 0.4) is 0 Å². The average Bonchev–Trinajstić information content (AvgIpc) is 3.60. The monoisotopic (exact) mass is 439 g/mol. The molecule has 2 aromatic heterocycles. The molecule has 1 aliphatic carbocycles. The van der Waals surface area contributed by atoms with Gasteiger partial charge in [0.15, 0.2) is 0 Å². The lowest BCUT2D eigenvalue weighted by atomic mass is 10.1. The van der Waals surface area contributed by atoms with Gasteiger partial charge in [-0.15, -0.1) is 0 Å². The Morgan fingerprint density at radius 2 is 1.76 bits per heavy atom. The summed E-state index contributed by atoms with van der Waals surface area (Å²) in [5.41, 5.74) is 3.24. The molecule has 1 saturated carbocycles. The molecule has 7 heteroatoms. The second kappa shape index (κ2) is 9.24. The third-order valence-corrected chi connectivity index (χ3v) is 5.70. The summed E-state index contributed by atoms with van der Waals surface area (Å²) < 4.78 is 1.54. The van der Waals surface area contributed by atoms with Crippen LogP contribution in [-0.2, 0) is 11.2 Å². The maximum absolute atomic E-state index is 12.7. The number of hydrogen-bond donors (Lipinski definition) is 2. The number of rotatable bonds is 8. The van der Waals surface area contributed by atoms with Crippen molar-refractivity contribution in [2.45, 2.75) is 38.0 Å². The highest BCUT2D eigenvalue weighted by molar-refractivity contribution is 5.90. The fourth-order valence-corrected chi connectivity index (χ4v) is 3.83. The molecule has 5 rings (SSSR count). The Bertz CT molecular complexity index is 1310. The SMILES string of the molecule is O=C(CCCc1ccccc1)Nc1cc(C2CC2)nn1-c1nc(-c2ccccc2)cc(=O)[nH]1. The van der Waals surface area contributed by atoms with Gasteiger partial charge >= 0.3 is 0 Å². The number of aromatic nitrogens is 4. The highest BCUT2D eigenvalue weighted by Gasteiger charge is 2.28. The molecule has 33 heavy (non-hydrogen) atoms. The van der Waals surface area contributed by atoms with E-state index in [9.17, 15) is 9.59 Å². The summed E-state index contributed by atoms with van der Waals surface area (Å²) in [7, 11) is 0. The van der Waals surface area contributed by atoms with E-state index in [-0.39, 0.29) is 17.4 Å². The second-order valence-corrected chi connectivity index (χ2v) is 8.35. The van der Waals surface area contributed by atoms with E-state index in [1.54, 1.807) is 0 Å². The lowest BCUT2D eigenvalue weighted by Gasteiger charge is -2.09. The van der Waals surface area contributed by atoms with Gasteiger partial charge in [0.25, 0.3) is 5.56 Å². The minimum Gasteiger partial charge on any atom is -0.310 e. The quantitative estimate of drug-likeness (QED) is 0.424. The predicted molar refractivity (Wildman–Crippen MR) is 127 cm³/mol. The number of nitrogens with one attached hydrogen (secondary N) is 2. The Morgan fingerprint density at radius 3 is 2.48 bits per heavy atom. The van der Waals surface area contributed by atoms with E-state index in [1.165, 1.54) is 16.3 Å². The molecule has 0 aliphatic heterocycles. The molecule has 166 valence electrons. The fraction of sp³-hybridized carbons (Fsp3) is 0.231. The Morgan fingerprint density at radius 1 is 1.03 bits per heavy atom. The Labute approximate surface area is 191 Å². The number of benzene rings is 2. The van der Waals surface area contributed by atoms with Crippen molar-refractivity contribution in [2.24, 2.45) is 0 Å². The maximum atomic E-state index is 12.7. The zero-order chi connectivity index (χ0) is 22.6. The summed E-state index contributed by atoms with van der Waals surface area (Å²) in [6.07, 6.45) is 4.14. The first-order valence-corrected chi connectivity index (χ1v) is 11.3. The summed E-state index contributed by atoms with van der Waals surface area (Å²) >= 11 is 0. The van der Waals surface area contributed by atoms with E-state index >= 15 is 0 Å². The highest BCUT2D eigenvalue weighted by atomic mass is 16.1. The number of carbonyl (C=O) groups is 1. The Hall–Kier alpha value is -4.00. The number of carbonyl (C=O) groups excluding carboxylic acids is 1. The standard InChI is InChI=1S/C26H25N5O2/c32-24(13-7-10-18-8-3-1-4-9-18)28-23-16-22(20-14-15-20)30-31(23)26-27-21(17-25(33)29-26)19-11-5-2-6-12-19/h1-6,8-9,11-12,16-17,20H,7,10,13-15H2,(H,28,32)(H,27,29,33). The van der Waals surface area contributed by atoms with Crippen LogP contribution in [0.5, 0.6) is 0 Å². The zero-order valence-electron chi connectivity index (χ0n) is 18.2. The molecule has 0 unspecified atom stereocenters. The van der Waals surface area contributed by atoms with E-state index < -0.39 is 0 Å². The summed E-state index contributed by atoms with van der Waals surface area (Å²) in [4.78, 5) is 32.5. The van der Waals surface area contributed by atoms with Gasteiger partial charge in [-0.05, 0) is 31.2 Å². The molecule has 4 aromatic rings. The lowest BCUT2D eigenvalue weighted by molar-refractivity contribution is -0.116. The molecular formula is C26H25N5O2. The van der Waals surface area contributed by atoms with Gasteiger partial charge in [-0.25, -0.2) is 4.98 Å². The molecule has 2 N–H and O–H groups in total. The van der Waals surface area contributed by atoms with Gasteiger partial charge in [0.2, 0.25) is 11.9 Å². The van der Waals surface area contributed by atoms with Crippen molar-refractivity contribution in [1.29, 1.82) is 0 Å². The maximum Gasteiger partial charge on any atom is 0.252 e. The largest absolute Gasteiger partial charge is 0.310 e. The summed E-state index contributed by atoms with van der Waals surface area (Å²) in [5, 5.41) is 7.65. The van der Waals surface area contributed by atoms with Crippen molar-refractivity contribution in [3.63, 3.8) is 0 Å². The third kappa shape index (κ3) is 5.09. The average molecular weight is 440 g/mol. The summed E-state index contributed by atoms with van der Waals surface area (Å²) in [6.45, 7) is 0. The van der Waals surface area contributed by atoms with Crippen LogP contribution in [0.2, 0.25) is 0 Å². The highest BCUT2D eigenvalue weighted by Crippen LogP contribution is 2.40. The van der Waals surface area contributed by atoms with Crippen molar-refractivity contribution in [2.75, 3.05) is 5.32 Å². The Balaban J connectivity index is 1.38. The molecule has 0 radical (unpaired) electrons. The molecule has 0 bridgehead atoms.